The number of hydrogen-bond acceptors (Lipinski definition) is 2. The molecule has 0 atom stereocenters. The van der Waals surface area contributed by atoms with Gasteiger partial charge < -0.3 is 9.55 Å². The van der Waals surface area contributed by atoms with E-state index in [1.54, 1.807) is 0 Å². The van der Waals surface area contributed by atoms with Crippen LogP contribution in [-0.2, 0) is 31.9 Å². The van der Waals surface area contributed by atoms with Crippen LogP contribution in [0.25, 0.3) is 72.4 Å². The predicted molar refractivity (Wildman–Crippen MR) is 200 cm³/mol. The Morgan fingerprint density at radius 1 is 0.612 bits per heavy atom. The minimum absolute atomic E-state index is 0. The smallest absolute Gasteiger partial charge is 0.657 e. The first-order valence-corrected chi connectivity index (χ1v) is 16.6. The van der Waals surface area contributed by atoms with Crippen LogP contribution in [0.5, 0.6) is 0 Å². The molecule has 0 unspecified atom stereocenters. The molecule has 0 N–H and O–H groups in total. The van der Waals surface area contributed by atoms with Crippen molar-refractivity contribution < 1.29 is 21.1 Å². The summed E-state index contributed by atoms with van der Waals surface area (Å²) >= 11 is 0. The summed E-state index contributed by atoms with van der Waals surface area (Å²) in [4.78, 5) is 15.6. The van der Waals surface area contributed by atoms with Crippen LogP contribution in [0.1, 0.15) is 52.7 Å². The van der Waals surface area contributed by atoms with Gasteiger partial charge in [0.25, 0.3) is 0 Å². The summed E-state index contributed by atoms with van der Waals surface area (Å²) in [6.07, 6.45) is 0. The maximum Gasteiger partial charge on any atom is 2.00 e. The van der Waals surface area contributed by atoms with Crippen molar-refractivity contribution in [2.45, 2.75) is 52.4 Å². The maximum atomic E-state index is 5.40. The van der Waals surface area contributed by atoms with Gasteiger partial charge in [0.2, 0.25) is 0 Å². The Morgan fingerprint density at radius 3 is 2.04 bits per heavy atom. The molecule has 8 aromatic rings. The standard InChI is InChI=1S/C44H38N4.Pt/c1-43(2,3)32-24-30(22-31(25-32)42-47-38-18-12-13-19-40(38)48(42)34-15-8-7-9-16-34)37-21-20-29-23-33(44(4,5)6)27-35(41(29)46-37)39-26-28-14-10-11-17-36(28)45-39;/h7-21,23-27H,1-6H3;/q-2;+2. The van der Waals surface area contributed by atoms with Crippen LogP contribution < -0.4 is 4.98 Å². The zero-order valence-electron chi connectivity index (χ0n) is 28.7. The Bertz CT molecular complexity index is 2440. The van der Waals surface area contributed by atoms with Crippen molar-refractivity contribution in [2.24, 2.45) is 0 Å². The molecule has 0 amide bonds. The number of fused-ring (bicyclic) bond motifs is 3. The molecule has 0 saturated heterocycles. The average Bonchev–Trinajstić information content (AvgIpc) is 3.69. The molecule has 0 radical (unpaired) electrons. The molecule has 49 heavy (non-hydrogen) atoms. The summed E-state index contributed by atoms with van der Waals surface area (Å²) in [5.74, 6) is 0.860. The SMILES string of the molecule is CC(C)(C)c1cc(-c2ccc3cc(C(C)(C)C)cc(-c4cc5ccccc5[n-]4)c3n2)[c-]c(-c2nc3ccccc3n2-c2ccccc2)c1.[Pt+2]. The van der Waals surface area contributed by atoms with E-state index in [0.29, 0.717) is 0 Å². The second kappa shape index (κ2) is 12.3. The first kappa shape index (κ1) is 32.7. The summed E-state index contributed by atoms with van der Waals surface area (Å²) in [5.41, 5.74) is 12.1. The summed E-state index contributed by atoms with van der Waals surface area (Å²) < 4.78 is 2.24. The van der Waals surface area contributed by atoms with Crippen LogP contribution >= 0.6 is 0 Å². The fraction of sp³-hybridized carbons (Fsp3) is 0.182. The zero-order valence-corrected chi connectivity index (χ0v) is 30.9. The van der Waals surface area contributed by atoms with Gasteiger partial charge in [0.15, 0.2) is 0 Å². The zero-order chi connectivity index (χ0) is 33.2. The van der Waals surface area contributed by atoms with E-state index in [1.165, 1.54) is 11.1 Å². The number of benzene rings is 5. The van der Waals surface area contributed by atoms with Crippen LogP contribution in [0.3, 0.4) is 0 Å². The van der Waals surface area contributed by atoms with Gasteiger partial charge >= 0.3 is 21.1 Å². The number of imidazole rings is 1. The molecule has 0 bridgehead atoms. The van der Waals surface area contributed by atoms with E-state index >= 15 is 0 Å². The van der Waals surface area contributed by atoms with Crippen LogP contribution in [0.4, 0.5) is 0 Å². The van der Waals surface area contributed by atoms with E-state index in [4.69, 9.17) is 15.0 Å². The molecule has 0 aliphatic carbocycles. The van der Waals surface area contributed by atoms with E-state index in [1.807, 2.05) is 18.2 Å². The third-order valence-electron chi connectivity index (χ3n) is 9.23. The average molecular weight is 818 g/mol. The summed E-state index contributed by atoms with van der Waals surface area (Å²) in [6.45, 7) is 13.5. The predicted octanol–water partition coefficient (Wildman–Crippen LogP) is 11.1. The molecule has 244 valence electrons. The monoisotopic (exact) mass is 817 g/mol. The van der Waals surface area contributed by atoms with Crippen molar-refractivity contribution in [2.75, 3.05) is 0 Å². The van der Waals surface area contributed by atoms with Crippen molar-refractivity contribution >= 4 is 32.8 Å². The van der Waals surface area contributed by atoms with Crippen LogP contribution in [0.15, 0.2) is 121 Å². The van der Waals surface area contributed by atoms with E-state index in [-0.39, 0.29) is 31.9 Å². The Hall–Kier alpha value is -4.79. The largest absolute Gasteiger partial charge is 2.00 e. The van der Waals surface area contributed by atoms with Crippen LogP contribution in [0.2, 0.25) is 0 Å². The van der Waals surface area contributed by atoms with Gasteiger partial charge in [-0.2, -0.15) is 0 Å². The van der Waals surface area contributed by atoms with Gasteiger partial charge in [0.05, 0.1) is 22.4 Å². The fourth-order valence-electron chi connectivity index (χ4n) is 6.48. The van der Waals surface area contributed by atoms with Crippen molar-refractivity contribution in [3.05, 3.63) is 139 Å². The topological polar surface area (TPSA) is 44.8 Å². The quantitative estimate of drug-likeness (QED) is 0.166. The minimum Gasteiger partial charge on any atom is -0.657 e. The second-order valence-corrected chi connectivity index (χ2v) is 14.8. The molecule has 0 aliphatic heterocycles. The van der Waals surface area contributed by atoms with Gasteiger partial charge in [-0.15, -0.1) is 35.0 Å². The van der Waals surface area contributed by atoms with Crippen molar-refractivity contribution in [1.82, 2.24) is 19.5 Å². The Morgan fingerprint density at radius 2 is 1.29 bits per heavy atom. The van der Waals surface area contributed by atoms with E-state index < -0.39 is 0 Å². The van der Waals surface area contributed by atoms with Gasteiger partial charge in [-0.25, -0.2) is 0 Å². The number of rotatable bonds is 4. The molecular formula is C44H38N4Pt. The molecule has 5 heteroatoms. The minimum atomic E-state index is -0.106. The first-order chi connectivity index (χ1) is 23.0. The number of aromatic nitrogens is 4. The summed E-state index contributed by atoms with van der Waals surface area (Å²) in [5, 5.41) is 2.24. The molecule has 0 saturated carbocycles. The first-order valence-electron chi connectivity index (χ1n) is 16.6. The third kappa shape index (κ3) is 6.04. The molecule has 0 spiro atoms. The number of pyridine rings is 1. The van der Waals surface area contributed by atoms with Gasteiger partial charge in [-0.1, -0.05) is 132 Å². The molecule has 5 aromatic carbocycles. The second-order valence-electron chi connectivity index (χ2n) is 14.8. The molecule has 0 fully saturated rings. The van der Waals surface area contributed by atoms with Gasteiger partial charge in [-0.3, -0.25) is 9.97 Å². The third-order valence-corrected chi connectivity index (χ3v) is 9.23. The number of para-hydroxylation sites is 4. The van der Waals surface area contributed by atoms with E-state index in [2.05, 4.69) is 155 Å². The van der Waals surface area contributed by atoms with Gasteiger partial charge in [-0.05, 0) is 63.1 Å². The van der Waals surface area contributed by atoms with E-state index in [9.17, 15) is 0 Å². The Labute approximate surface area is 302 Å². The van der Waals surface area contributed by atoms with Crippen molar-refractivity contribution in [1.29, 1.82) is 0 Å². The Kier molecular flexibility index (Phi) is 8.20. The summed E-state index contributed by atoms with van der Waals surface area (Å²) in [7, 11) is 0. The normalized spacial score (nSPS) is 12.1. The Balaban J connectivity index is 0.00000378. The molecular weight excluding hydrogens is 780 g/mol. The van der Waals surface area contributed by atoms with Crippen LogP contribution in [0, 0.1) is 6.07 Å². The molecule has 4 nitrogen and oxygen atoms in total. The molecule has 3 aromatic heterocycles. The van der Waals surface area contributed by atoms with Crippen LogP contribution in [-0.4, -0.2) is 14.5 Å². The molecule has 3 heterocycles. The van der Waals surface area contributed by atoms with Crippen molar-refractivity contribution in [3.8, 4) is 39.6 Å². The van der Waals surface area contributed by atoms with Gasteiger partial charge in [0.1, 0.15) is 0 Å². The molecule has 8 rings (SSSR count). The fourth-order valence-corrected chi connectivity index (χ4v) is 6.48. The maximum absolute atomic E-state index is 5.40. The van der Waals surface area contributed by atoms with Crippen molar-refractivity contribution in [3.63, 3.8) is 0 Å². The number of nitrogens with zero attached hydrogens (tertiary/aromatic N) is 4. The van der Waals surface area contributed by atoms with E-state index in [0.717, 1.165) is 72.4 Å². The van der Waals surface area contributed by atoms with Gasteiger partial charge in [0, 0.05) is 11.4 Å². The number of hydrogen-bond donors (Lipinski definition) is 0. The molecule has 0 aliphatic rings. The summed E-state index contributed by atoms with van der Waals surface area (Å²) in [6, 6.07) is 46.4.